The van der Waals surface area contributed by atoms with E-state index in [1.807, 2.05) is 60.7 Å². The molecule has 0 heterocycles. The monoisotopic (exact) mass is 904 g/mol. The summed E-state index contributed by atoms with van der Waals surface area (Å²) in [5.41, 5.74) is 3.22. The molecule has 2 aromatic rings. The van der Waals surface area contributed by atoms with Crippen LogP contribution in [0.15, 0.2) is 72.8 Å². The van der Waals surface area contributed by atoms with Crippen molar-refractivity contribution in [2.75, 3.05) is 6.61 Å². The van der Waals surface area contributed by atoms with Crippen LogP contribution in [0.25, 0.3) is 0 Å². The van der Waals surface area contributed by atoms with Gasteiger partial charge in [0.05, 0.1) is 17.7 Å². The Morgan fingerprint density at radius 1 is 0.720 bits per heavy atom. The van der Waals surface area contributed by atoms with E-state index in [4.69, 9.17) is 9.47 Å². The molecule has 0 radical (unpaired) electrons. The number of esters is 2. The smallest absolute Gasteiger partial charge is 0.338 e. The first kappa shape index (κ1) is 38.3. The van der Waals surface area contributed by atoms with Crippen LogP contribution in [0.3, 0.4) is 0 Å². The zero-order valence-corrected chi connectivity index (χ0v) is 35.4. The molecule has 0 saturated heterocycles. The van der Waals surface area contributed by atoms with Gasteiger partial charge in [0.2, 0.25) is 0 Å². The Morgan fingerprint density at radius 2 is 1.34 bits per heavy atom. The fraction of sp³-hybridized carbons (Fsp3) is 0.636. The number of hydrogen-bond donors (Lipinski definition) is 0. The zero-order chi connectivity index (χ0) is 36.1. The third-order valence-electron chi connectivity index (χ3n) is 15.9. The lowest BCUT2D eigenvalue weighted by molar-refractivity contribution is -0.249. The maximum Gasteiger partial charge on any atom is 0.338 e. The molecule has 5 aliphatic rings. The van der Waals surface area contributed by atoms with Crippen molar-refractivity contribution < 1.29 is 19.1 Å². The van der Waals surface area contributed by atoms with Crippen molar-refractivity contribution in [3.8, 4) is 0 Å². The van der Waals surface area contributed by atoms with E-state index in [0.29, 0.717) is 47.3 Å². The van der Waals surface area contributed by atoms with Gasteiger partial charge >= 0.3 is 11.9 Å². The summed E-state index contributed by atoms with van der Waals surface area (Å²) >= 11 is 4.24. The summed E-state index contributed by atoms with van der Waals surface area (Å²) in [5.74, 6) is 2.38. The van der Waals surface area contributed by atoms with Gasteiger partial charge in [-0.05, 0) is 141 Å². The summed E-state index contributed by atoms with van der Waals surface area (Å²) in [6, 6.07) is 19.0. The Hall–Kier alpha value is -1.42. The van der Waals surface area contributed by atoms with Crippen molar-refractivity contribution in [3.05, 3.63) is 83.9 Å². The molecular weight excluding hydrogens is 846 g/mol. The molecule has 0 bridgehead atoms. The van der Waals surface area contributed by atoms with Gasteiger partial charge in [-0.3, -0.25) is 0 Å². The fourth-order valence-corrected chi connectivity index (χ4v) is 13.4. The molecule has 5 fully saturated rings. The molecule has 4 nitrogen and oxygen atoms in total. The predicted molar refractivity (Wildman–Crippen MR) is 219 cm³/mol. The Labute approximate surface area is 325 Å². The van der Waals surface area contributed by atoms with Crippen LogP contribution in [0.4, 0.5) is 0 Å². The average Bonchev–Trinajstić information content (AvgIpc) is 3.50. The van der Waals surface area contributed by atoms with E-state index in [-0.39, 0.29) is 45.1 Å². The van der Waals surface area contributed by atoms with Crippen LogP contribution in [0.2, 0.25) is 0 Å². The van der Waals surface area contributed by atoms with E-state index in [9.17, 15) is 9.59 Å². The number of carbonyl (C=O) groups is 2. The summed E-state index contributed by atoms with van der Waals surface area (Å²) in [6.45, 7) is 20.0. The van der Waals surface area contributed by atoms with Gasteiger partial charge in [-0.15, -0.1) is 0 Å². The molecule has 7 rings (SSSR count). The average molecular weight is 905 g/mol. The highest BCUT2D eigenvalue weighted by Crippen LogP contribution is 2.77. The fourth-order valence-electron chi connectivity index (χ4n) is 13.4. The minimum atomic E-state index is -0.189. The lowest BCUT2D eigenvalue weighted by Crippen LogP contribution is -2.67. The third-order valence-corrected chi connectivity index (χ3v) is 15.9. The van der Waals surface area contributed by atoms with Gasteiger partial charge in [-0.1, -0.05) is 83.2 Å². The largest absolute Gasteiger partial charge is 0.461 e. The summed E-state index contributed by atoms with van der Waals surface area (Å²) in [4.78, 5) is 26.4. The Bertz CT molecular complexity index is 1560. The first-order valence-electron chi connectivity index (χ1n) is 19.0. The van der Waals surface area contributed by atoms with Gasteiger partial charge in [-0.2, -0.15) is 0 Å². The molecule has 50 heavy (non-hydrogen) atoms. The highest BCUT2D eigenvalue weighted by Gasteiger charge is 2.71. The van der Waals surface area contributed by atoms with Crippen molar-refractivity contribution in [2.24, 2.45) is 56.7 Å². The molecule has 5 aliphatic carbocycles. The van der Waals surface area contributed by atoms with Gasteiger partial charge in [0.25, 0.3) is 0 Å². The van der Waals surface area contributed by atoms with Crippen LogP contribution in [-0.4, -0.2) is 24.6 Å². The second kappa shape index (κ2) is 14.4. The summed E-state index contributed by atoms with van der Waals surface area (Å²) in [7, 11) is 0. The van der Waals surface area contributed by atoms with Crippen molar-refractivity contribution in [1.29, 1.82) is 0 Å². The number of allylic oxidation sites excluding steroid dienone is 1. The van der Waals surface area contributed by atoms with Crippen molar-refractivity contribution in [2.45, 2.75) is 112 Å². The van der Waals surface area contributed by atoms with Crippen molar-refractivity contribution >= 4 is 49.2 Å². The maximum atomic E-state index is 13.2. The molecule has 10 atom stereocenters. The van der Waals surface area contributed by atoms with Crippen LogP contribution in [-0.2, 0) is 9.47 Å². The SMILES string of the molecule is C=C(C)C1CCC2(COC(=O)c3ccccc3)CC[C@]3(C)C(CCC4[C@@]5(C)CCC(OC(=O)c6ccccc6)C(C)(C)C5CC[C@]43C)C12.II. The van der Waals surface area contributed by atoms with E-state index in [2.05, 4.69) is 85.4 Å². The molecule has 6 heteroatoms. The van der Waals surface area contributed by atoms with Crippen LogP contribution in [0, 0.1) is 56.7 Å². The van der Waals surface area contributed by atoms with E-state index in [1.54, 1.807) is 0 Å². The Balaban J connectivity index is 0.00000212. The number of benzene rings is 2. The number of fused-ring (bicyclic) bond motifs is 7. The molecule has 7 unspecified atom stereocenters. The Morgan fingerprint density at radius 3 is 1.96 bits per heavy atom. The minimum absolute atomic E-state index is 0.0330. The van der Waals surface area contributed by atoms with Gasteiger partial charge in [-0.25, -0.2) is 9.59 Å². The predicted octanol–water partition coefficient (Wildman–Crippen LogP) is 12.5. The van der Waals surface area contributed by atoms with Crippen molar-refractivity contribution in [3.63, 3.8) is 0 Å². The standard InChI is InChI=1S/C44H58O4.I2/c1-29(2)32-20-25-44(28-47-38(45)30-14-10-8-11-15-30)27-26-42(6)33(37(32)44)18-19-35-41(5)23-22-36(48-39(46)31-16-12-9-13-17-31)40(3,4)34(41)21-24-43(35,42)7;1-2/h8-17,32-37H,1,18-28H2,2-7H3;/t32?,33?,34?,35?,36?,37?,41-,42+,43+,44?;/m0./s1. The van der Waals surface area contributed by atoms with Crippen LogP contribution >= 0.6 is 37.2 Å². The third kappa shape index (κ3) is 6.14. The highest BCUT2D eigenvalue weighted by molar-refractivity contribution is 15.0. The van der Waals surface area contributed by atoms with Crippen molar-refractivity contribution in [1.82, 2.24) is 0 Å². The first-order valence-corrected chi connectivity index (χ1v) is 25.3. The van der Waals surface area contributed by atoms with Gasteiger partial charge < -0.3 is 9.47 Å². The minimum Gasteiger partial charge on any atom is -0.461 e. The normalized spacial score (nSPS) is 39.6. The molecule has 272 valence electrons. The molecule has 0 spiro atoms. The second-order valence-corrected chi connectivity index (χ2v) is 18.1. The lowest BCUT2D eigenvalue weighted by atomic mass is 9.32. The second-order valence-electron chi connectivity index (χ2n) is 18.1. The molecule has 0 amide bonds. The summed E-state index contributed by atoms with van der Waals surface area (Å²) < 4.78 is 12.5. The topological polar surface area (TPSA) is 52.6 Å². The van der Waals surface area contributed by atoms with Gasteiger partial charge in [0, 0.05) is 48.1 Å². The number of rotatable bonds is 6. The van der Waals surface area contributed by atoms with Crippen LogP contribution in [0.1, 0.15) is 126 Å². The summed E-state index contributed by atoms with van der Waals surface area (Å²) in [5, 5.41) is 0. The zero-order valence-electron chi connectivity index (χ0n) is 31.1. The van der Waals surface area contributed by atoms with E-state index >= 15 is 0 Å². The Kier molecular flexibility index (Phi) is 11.1. The van der Waals surface area contributed by atoms with Crippen LogP contribution < -0.4 is 0 Å². The van der Waals surface area contributed by atoms with E-state index in [1.165, 1.54) is 37.7 Å². The van der Waals surface area contributed by atoms with Gasteiger partial charge in [0.1, 0.15) is 6.10 Å². The molecule has 2 aromatic carbocycles. The van der Waals surface area contributed by atoms with Gasteiger partial charge in [0.15, 0.2) is 0 Å². The number of hydrogen-bond acceptors (Lipinski definition) is 4. The molecule has 0 aliphatic heterocycles. The lowest BCUT2D eigenvalue weighted by Gasteiger charge is -2.73. The van der Waals surface area contributed by atoms with E-state index in [0.717, 1.165) is 32.1 Å². The van der Waals surface area contributed by atoms with Crippen LogP contribution in [0.5, 0.6) is 0 Å². The highest BCUT2D eigenvalue weighted by atomic mass is 128. The summed E-state index contributed by atoms with van der Waals surface area (Å²) in [6.07, 6.45) is 11.5. The number of ether oxygens (including phenoxy) is 2. The molecule has 0 aromatic heterocycles. The molecule has 5 saturated carbocycles. The number of carbonyl (C=O) groups excluding carboxylic acids is 2. The quantitative estimate of drug-likeness (QED) is 0.165. The first-order chi connectivity index (χ1) is 23.8. The van der Waals surface area contributed by atoms with E-state index < -0.39 is 0 Å². The molecular formula is C44H58I2O4. The number of halogens is 2. The molecule has 0 N–H and O–H groups in total. The maximum absolute atomic E-state index is 13.2.